The van der Waals surface area contributed by atoms with Crippen LogP contribution in [0.15, 0.2) is 0 Å². The summed E-state index contributed by atoms with van der Waals surface area (Å²) in [6, 6.07) is 0.404. The Morgan fingerprint density at radius 2 is 1.79 bits per heavy atom. The molecule has 0 bridgehead atoms. The van der Waals surface area contributed by atoms with E-state index in [1.807, 2.05) is 0 Å². The molecule has 82 valence electrons. The SMILES string of the molecule is CC(=O)[C@@H]1CCCC[C@H]1NC(C)(C)C. The van der Waals surface area contributed by atoms with E-state index in [0.717, 1.165) is 12.8 Å². The number of rotatable bonds is 2. The standard InChI is InChI=1S/C12H23NO/c1-9(14)10-7-5-6-8-11(10)13-12(2,3)4/h10-11,13H,5-8H2,1-4H3/t10-,11+/m0/s1. The zero-order valence-corrected chi connectivity index (χ0v) is 9.89. The minimum atomic E-state index is 0.121. The van der Waals surface area contributed by atoms with Crippen LogP contribution in [0.1, 0.15) is 53.4 Å². The van der Waals surface area contributed by atoms with Gasteiger partial charge in [0.25, 0.3) is 0 Å². The Morgan fingerprint density at radius 3 is 2.29 bits per heavy atom. The quantitative estimate of drug-likeness (QED) is 0.737. The summed E-state index contributed by atoms with van der Waals surface area (Å²) in [4.78, 5) is 11.5. The van der Waals surface area contributed by atoms with E-state index in [1.54, 1.807) is 6.92 Å². The van der Waals surface area contributed by atoms with Crippen LogP contribution in [-0.2, 0) is 4.79 Å². The predicted octanol–water partition coefficient (Wildman–Crippen LogP) is 2.52. The molecule has 0 aliphatic heterocycles. The fourth-order valence-electron chi connectivity index (χ4n) is 2.35. The maximum atomic E-state index is 11.5. The second kappa shape index (κ2) is 4.43. The third-order valence-corrected chi connectivity index (χ3v) is 2.91. The molecule has 1 fully saturated rings. The lowest BCUT2D eigenvalue weighted by atomic mass is 9.81. The Kier molecular flexibility index (Phi) is 3.71. The van der Waals surface area contributed by atoms with E-state index in [9.17, 15) is 4.79 Å². The summed E-state index contributed by atoms with van der Waals surface area (Å²) in [7, 11) is 0. The minimum absolute atomic E-state index is 0.121. The Morgan fingerprint density at radius 1 is 1.21 bits per heavy atom. The first-order chi connectivity index (χ1) is 6.40. The van der Waals surface area contributed by atoms with Gasteiger partial charge in [0.15, 0.2) is 0 Å². The average Bonchev–Trinajstić information content (AvgIpc) is 2.01. The first kappa shape index (κ1) is 11.7. The second-order valence-corrected chi connectivity index (χ2v) is 5.50. The molecule has 0 spiro atoms. The maximum Gasteiger partial charge on any atom is 0.134 e. The van der Waals surface area contributed by atoms with E-state index in [0.29, 0.717) is 11.8 Å². The van der Waals surface area contributed by atoms with Crippen molar-refractivity contribution in [3.05, 3.63) is 0 Å². The van der Waals surface area contributed by atoms with Gasteiger partial charge in [0.05, 0.1) is 0 Å². The number of carbonyl (C=O) groups is 1. The smallest absolute Gasteiger partial charge is 0.134 e. The van der Waals surface area contributed by atoms with Crippen LogP contribution in [0.4, 0.5) is 0 Å². The van der Waals surface area contributed by atoms with Crippen LogP contribution in [0, 0.1) is 5.92 Å². The van der Waals surface area contributed by atoms with Gasteiger partial charge in [-0.15, -0.1) is 0 Å². The van der Waals surface area contributed by atoms with Gasteiger partial charge in [-0.1, -0.05) is 12.8 Å². The third kappa shape index (κ3) is 3.41. The number of carbonyl (C=O) groups excluding carboxylic acids is 1. The third-order valence-electron chi connectivity index (χ3n) is 2.91. The molecule has 0 heterocycles. The molecule has 2 nitrogen and oxygen atoms in total. The van der Waals surface area contributed by atoms with Crippen LogP contribution in [0.5, 0.6) is 0 Å². The zero-order chi connectivity index (χ0) is 10.8. The van der Waals surface area contributed by atoms with E-state index < -0.39 is 0 Å². The maximum absolute atomic E-state index is 11.5. The van der Waals surface area contributed by atoms with Gasteiger partial charge in [0, 0.05) is 17.5 Å². The summed E-state index contributed by atoms with van der Waals surface area (Å²) < 4.78 is 0. The Hall–Kier alpha value is -0.370. The summed E-state index contributed by atoms with van der Waals surface area (Å²) in [6.45, 7) is 8.23. The topological polar surface area (TPSA) is 29.1 Å². The monoisotopic (exact) mass is 197 g/mol. The molecule has 0 saturated heterocycles. The first-order valence-corrected chi connectivity index (χ1v) is 5.68. The highest BCUT2D eigenvalue weighted by atomic mass is 16.1. The van der Waals surface area contributed by atoms with Gasteiger partial charge in [0.1, 0.15) is 5.78 Å². The van der Waals surface area contributed by atoms with E-state index in [4.69, 9.17) is 0 Å². The molecule has 0 aromatic rings. The first-order valence-electron chi connectivity index (χ1n) is 5.68. The molecule has 2 atom stereocenters. The van der Waals surface area contributed by atoms with Gasteiger partial charge < -0.3 is 5.32 Å². The highest BCUT2D eigenvalue weighted by molar-refractivity contribution is 5.79. The van der Waals surface area contributed by atoms with Crippen molar-refractivity contribution < 1.29 is 4.79 Å². The Bertz CT molecular complexity index is 205. The highest BCUT2D eigenvalue weighted by Gasteiger charge is 2.30. The molecule has 1 saturated carbocycles. The molecule has 0 amide bonds. The van der Waals surface area contributed by atoms with Crippen molar-refractivity contribution in [2.75, 3.05) is 0 Å². The van der Waals surface area contributed by atoms with Crippen LogP contribution < -0.4 is 5.32 Å². The van der Waals surface area contributed by atoms with E-state index in [1.165, 1.54) is 12.8 Å². The van der Waals surface area contributed by atoms with Crippen molar-refractivity contribution in [3.8, 4) is 0 Å². The van der Waals surface area contributed by atoms with Crippen molar-refractivity contribution in [3.63, 3.8) is 0 Å². The van der Waals surface area contributed by atoms with Crippen LogP contribution in [0.25, 0.3) is 0 Å². The average molecular weight is 197 g/mol. The van der Waals surface area contributed by atoms with Crippen molar-refractivity contribution in [1.29, 1.82) is 0 Å². The van der Waals surface area contributed by atoms with Gasteiger partial charge in [-0.3, -0.25) is 4.79 Å². The lowest BCUT2D eigenvalue weighted by Gasteiger charge is -2.36. The lowest BCUT2D eigenvalue weighted by molar-refractivity contribution is -0.122. The van der Waals surface area contributed by atoms with Gasteiger partial charge in [-0.05, 0) is 40.5 Å². The molecule has 1 rings (SSSR count). The number of nitrogens with one attached hydrogen (secondary N) is 1. The van der Waals surface area contributed by atoms with E-state index in [2.05, 4.69) is 26.1 Å². The summed E-state index contributed by atoms with van der Waals surface area (Å²) in [5.74, 6) is 0.606. The summed E-state index contributed by atoms with van der Waals surface area (Å²) in [5, 5.41) is 3.57. The van der Waals surface area contributed by atoms with Crippen LogP contribution in [0.3, 0.4) is 0 Å². The van der Waals surface area contributed by atoms with Crippen LogP contribution >= 0.6 is 0 Å². The molecular weight excluding hydrogens is 174 g/mol. The molecule has 1 aliphatic carbocycles. The summed E-state index contributed by atoms with van der Waals surface area (Å²) >= 11 is 0. The lowest BCUT2D eigenvalue weighted by Crippen LogP contribution is -2.50. The molecule has 1 N–H and O–H groups in total. The van der Waals surface area contributed by atoms with Crippen LogP contribution in [0.2, 0.25) is 0 Å². The largest absolute Gasteiger partial charge is 0.309 e. The fourth-order valence-corrected chi connectivity index (χ4v) is 2.35. The molecule has 0 radical (unpaired) electrons. The molecule has 14 heavy (non-hydrogen) atoms. The Balaban J connectivity index is 2.59. The predicted molar refractivity (Wildman–Crippen MR) is 59.3 cm³/mol. The molecule has 0 unspecified atom stereocenters. The number of ketones is 1. The van der Waals surface area contributed by atoms with Crippen molar-refractivity contribution in [1.82, 2.24) is 5.32 Å². The van der Waals surface area contributed by atoms with E-state index in [-0.39, 0.29) is 11.5 Å². The van der Waals surface area contributed by atoms with E-state index >= 15 is 0 Å². The molecule has 0 aromatic carbocycles. The molecule has 0 aromatic heterocycles. The van der Waals surface area contributed by atoms with Gasteiger partial charge in [-0.25, -0.2) is 0 Å². The molecule has 1 aliphatic rings. The van der Waals surface area contributed by atoms with Crippen molar-refractivity contribution in [2.45, 2.75) is 65.0 Å². The van der Waals surface area contributed by atoms with Crippen molar-refractivity contribution in [2.24, 2.45) is 5.92 Å². The van der Waals surface area contributed by atoms with Crippen molar-refractivity contribution >= 4 is 5.78 Å². The number of Topliss-reactive ketones (excluding diaryl/α,β-unsaturated/α-hetero) is 1. The normalized spacial score (nSPS) is 28.9. The zero-order valence-electron chi connectivity index (χ0n) is 9.89. The highest BCUT2D eigenvalue weighted by Crippen LogP contribution is 2.26. The Labute approximate surface area is 87.5 Å². The fraction of sp³-hybridized carbons (Fsp3) is 0.917. The minimum Gasteiger partial charge on any atom is -0.309 e. The summed E-state index contributed by atoms with van der Waals surface area (Å²) in [5.41, 5.74) is 0.121. The molecule has 2 heteroatoms. The van der Waals surface area contributed by atoms with Gasteiger partial charge >= 0.3 is 0 Å². The van der Waals surface area contributed by atoms with Gasteiger partial charge in [-0.2, -0.15) is 0 Å². The molecular formula is C12H23NO. The number of hydrogen-bond acceptors (Lipinski definition) is 2. The summed E-state index contributed by atoms with van der Waals surface area (Å²) in [6.07, 6.45) is 4.70. The van der Waals surface area contributed by atoms with Crippen LogP contribution in [-0.4, -0.2) is 17.4 Å². The second-order valence-electron chi connectivity index (χ2n) is 5.50. The van der Waals surface area contributed by atoms with Gasteiger partial charge in [0.2, 0.25) is 0 Å². The number of hydrogen-bond donors (Lipinski definition) is 1.